The molecule has 26 heavy (non-hydrogen) atoms. The van der Waals surface area contributed by atoms with Crippen LogP contribution in [-0.2, 0) is 20.1 Å². The predicted octanol–water partition coefficient (Wildman–Crippen LogP) is 2.57. The van der Waals surface area contributed by atoms with E-state index in [1.807, 2.05) is 41.9 Å². The van der Waals surface area contributed by atoms with Gasteiger partial charge in [-0.15, -0.1) is 0 Å². The number of aliphatic imine (C=N–C) groups is 1. The molecule has 0 aliphatic carbocycles. The Hall–Kier alpha value is -2.71. The van der Waals surface area contributed by atoms with Gasteiger partial charge in [-0.05, 0) is 23.8 Å². The standard InChI is InChI=1S/C17H22F3N5O/c1-21-16(25(3)11-14-5-4-8-24(14)2)23-10-13-6-7-22-15(9-13)26-12-17(18,19)20/h4-9H,10-12H2,1-3H3,(H,21,23). The molecule has 0 radical (unpaired) electrons. The molecule has 0 amide bonds. The fourth-order valence-corrected chi connectivity index (χ4v) is 2.34. The summed E-state index contributed by atoms with van der Waals surface area (Å²) in [6.45, 7) is -0.313. The maximum absolute atomic E-state index is 12.2. The summed E-state index contributed by atoms with van der Waals surface area (Å²) in [6, 6.07) is 7.18. The second kappa shape index (κ2) is 8.59. The zero-order valence-corrected chi connectivity index (χ0v) is 14.9. The molecule has 0 aliphatic rings. The fraction of sp³-hybridized carbons (Fsp3) is 0.412. The van der Waals surface area contributed by atoms with Gasteiger partial charge in [0.1, 0.15) is 0 Å². The Morgan fingerprint density at radius 2 is 2.15 bits per heavy atom. The topological polar surface area (TPSA) is 54.7 Å². The summed E-state index contributed by atoms with van der Waals surface area (Å²) in [4.78, 5) is 9.98. The van der Waals surface area contributed by atoms with Gasteiger partial charge in [-0.25, -0.2) is 4.98 Å². The van der Waals surface area contributed by atoms with Crippen molar-refractivity contribution < 1.29 is 17.9 Å². The van der Waals surface area contributed by atoms with Gasteiger partial charge in [0.05, 0.1) is 6.54 Å². The van der Waals surface area contributed by atoms with Crippen LogP contribution in [0.2, 0.25) is 0 Å². The molecule has 2 aromatic heterocycles. The zero-order valence-electron chi connectivity index (χ0n) is 14.9. The lowest BCUT2D eigenvalue weighted by molar-refractivity contribution is -0.154. The lowest BCUT2D eigenvalue weighted by Crippen LogP contribution is -2.38. The minimum absolute atomic E-state index is 0.0613. The van der Waals surface area contributed by atoms with Crippen LogP contribution in [0.1, 0.15) is 11.3 Å². The van der Waals surface area contributed by atoms with E-state index in [2.05, 4.69) is 20.0 Å². The van der Waals surface area contributed by atoms with Crippen molar-refractivity contribution in [3.63, 3.8) is 0 Å². The first-order valence-electron chi connectivity index (χ1n) is 7.95. The van der Waals surface area contributed by atoms with Crippen LogP contribution < -0.4 is 10.1 Å². The second-order valence-electron chi connectivity index (χ2n) is 5.77. The van der Waals surface area contributed by atoms with Crippen molar-refractivity contribution in [1.29, 1.82) is 0 Å². The van der Waals surface area contributed by atoms with E-state index in [1.165, 1.54) is 12.3 Å². The van der Waals surface area contributed by atoms with Crippen LogP contribution in [0.25, 0.3) is 0 Å². The number of nitrogens with zero attached hydrogens (tertiary/aromatic N) is 4. The second-order valence-corrected chi connectivity index (χ2v) is 5.77. The van der Waals surface area contributed by atoms with Crippen LogP contribution in [0.5, 0.6) is 5.88 Å². The number of aryl methyl sites for hydroxylation is 1. The third-order valence-electron chi connectivity index (χ3n) is 3.66. The molecule has 6 nitrogen and oxygen atoms in total. The van der Waals surface area contributed by atoms with E-state index in [4.69, 9.17) is 0 Å². The molecule has 9 heteroatoms. The molecule has 0 spiro atoms. The number of hydrogen-bond acceptors (Lipinski definition) is 3. The van der Waals surface area contributed by atoms with E-state index in [0.29, 0.717) is 19.0 Å². The number of rotatable bonds is 6. The minimum atomic E-state index is -4.39. The zero-order chi connectivity index (χ0) is 19.2. The molecule has 2 heterocycles. The van der Waals surface area contributed by atoms with Gasteiger partial charge < -0.3 is 19.5 Å². The van der Waals surface area contributed by atoms with Gasteiger partial charge in [0.2, 0.25) is 5.88 Å². The number of hydrogen-bond donors (Lipinski definition) is 1. The summed E-state index contributed by atoms with van der Waals surface area (Å²) in [5.41, 5.74) is 1.87. The van der Waals surface area contributed by atoms with Crippen LogP contribution in [0, 0.1) is 0 Å². The summed E-state index contributed by atoms with van der Waals surface area (Å²) in [7, 11) is 5.56. The molecule has 0 bridgehead atoms. The highest BCUT2D eigenvalue weighted by atomic mass is 19.4. The maximum atomic E-state index is 12.2. The van der Waals surface area contributed by atoms with Crippen LogP contribution in [0.4, 0.5) is 13.2 Å². The first kappa shape index (κ1) is 19.6. The molecule has 142 valence electrons. The minimum Gasteiger partial charge on any atom is -0.468 e. The highest BCUT2D eigenvalue weighted by molar-refractivity contribution is 5.79. The van der Waals surface area contributed by atoms with Crippen molar-refractivity contribution in [2.75, 3.05) is 20.7 Å². The SMILES string of the molecule is CN=C(NCc1ccnc(OCC(F)(F)F)c1)N(C)Cc1cccn1C. The molecule has 0 saturated carbocycles. The Kier molecular flexibility index (Phi) is 6.48. The summed E-state index contributed by atoms with van der Waals surface area (Å²) in [5.74, 6) is 0.606. The number of alkyl halides is 3. The molecule has 0 aromatic carbocycles. The van der Waals surface area contributed by atoms with Crippen molar-refractivity contribution in [1.82, 2.24) is 19.8 Å². The quantitative estimate of drug-likeness (QED) is 0.628. The molecule has 0 saturated heterocycles. The fourth-order valence-electron chi connectivity index (χ4n) is 2.34. The molecule has 0 fully saturated rings. The van der Waals surface area contributed by atoms with Crippen molar-refractivity contribution in [3.8, 4) is 5.88 Å². The van der Waals surface area contributed by atoms with Gasteiger partial charge in [-0.3, -0.25) is 4.99 Å². The number of guanidine groups is 1. The number of aromatic nitrogens is 2. The van der Waals surface area contributed by atoms with Gasteiger partial charge in [0.25, 0.3) is 0 Å². The van der Waals surface area contributed by atoms with E-state index in [0.717, 1.165) is 11.3 Å². The number of ether oxygens (including phenoxy) is 1. The van der Waals surface area contributed by atoms with Crippen LogP contribution in [0.3, 0.4) is 0 Å². The Balaban J connectivity index is 1.92. The van der Waals surface area contributed by atoms with E-state index in [9.17, 15) is 13.2 Å². The van der Waals surface area contributed by atoms with Gasteiger partial charge in [-0.2, -0.15) is 13.2 Å². The number of pyridine rings is 1. The summed E-state index contributed by atoms with van der Waals surface area (Å²) in [6.07, 6.45) is -1.00. The lowest BCUT2D eigenvalue weighted by Gasteiger charge is -2.22. The molecular formula is C17H22F3N5O. The Morgan fingerprint density at radius 1 is 1.38 bits per heavy atom. The Labute approximate surface area is 150 Å². The highest BCUT2D eigenvalue weighted by Gasteiger charge is 2.28. The Morgan fingerprint density at radius 3 is 2.77 bits per heavy atom. The third kappa shape index (κ3) is 5.98. The van der Waals surface area contributed by atoms with Gasteiger partial charge in [0, 0.05) is 51.8 Å². The molecular weight excluding hydrogens is 347 g/mol. The maximum Gasteiger partial charge on any atom is 0.422 e. The van der Waals surface area contributed by atoms with E-state index in [1.54, 1.807) is 13.1 Å². The predicted molar refractivity (Wildman–Crippen MR) is 92.9 cm³/mol. The van der Waals surface area contributed by atoms with Crippen LogP contribution in [-0.4, -0.2) is 47.3 Å². The average Bonchev–Trinajstić information content (AvgIpc) is 2.98. The average molecular weight is 369 g/mol. The van der Waals surface area contributed by atoms with E-state index in [-0.39, 0.29) is 5.88 Å². The molecule has 2 rings (SSSR count). The summed E-state index contributed by atoms with van der Waals surface area (Å²) >= 11 is 0. The largest absolute Gasteiger partial charge is 0.468 e. The highest BCUT2D eigenvalue weighted by Crippen LogP contribution is 2.17. The van der Waals surface area contributed by atoms with Crippen LogP contribution >= 0.6 is 0 Å². The van der Waals surface area contributed by atoms with Gasteiger partial charge in [0.15, 0.2) is 12.6 Å². The van der Waals surface area contributed by atoms with E-state index >= 15 is 0 Å². The molecule has 1 N–H and O–H groups in total. The van der Waals surface area contributed by atoms with Crippen molar-refractivity contribution in [2.24, 2.45) is 12.0 Å². The number of halogens is 3. The van der Waals surface area contributed by atoms with Gasteiger partial charge in [-0.1, -0.05) is 0 Å². The lowest BCUT2D eigenvalue weighted by atomic mass is 10.2. The smallest absolute Gasteiger partial charge is 0.422 e. The van der Waals surface area contributed by atoms with Crippen molar-refractivity contribution in [2.45, 2.75) is 19.3 Å². The molecule has 2 aromatic rings. The molecule has 0 aliphatic heterocycles. The van der Waals surface area contributed by atoms with Crippen LogP contribution in [0.15, 0.2) is 41.7 Å². The first-order chi connectivity index (χ1) is 12.3. The molecule has 0 unspecified atom stereocenters. The monoisotopic (exact) mass is 369 g/mol. The summed E-state index contributed by atoms with van der Waals surface area (Å²) in [5, 5.41) is 3.18. The normalized spacial score (nSPS) is 12.2. The number of nitrogens with one attached hydrogen (secondary N) is 1. The van der Waals surface area contributed by atoms with Crippen molar-refractivity contribution in [3.05, 3.63) is 47.9 Å². The van der Waals surface area contributed by atoms with Crippen molar-refractivity contribution >= 4 is 5.96 Å². The first-order valence-corrected chi connectivity index (χ1v) is 7.95. The van der Waals surface area contributed by atoms with Gasteiger partial charge >= 0.3 is 6.18 Å². The summed E-state index contributed by atoms with van der Waals surface area (Å²) < 4.78 is 43.4. The third-order valence-corrected chi connectivity index (χ3v) is 3.66. The molecule has 0 atom stereocenters. The Bertz CT molecular complexity index is 742. The van der Waals surface area contributed by atoms with E-state index < -0.39 is 12.8 Å².